The van der Waals surface area contributed by atoms with Crippen molar-refractivity contribution in [3.05, 3.63) is 28.2 Å². The summed E-state index contributed by atoms with van der Waals surface area (Å²) in [5.41, 5.74) is 0.686. The fraction of sp³-hybridized carbons (Fsp3) is 0.533. The molecule has 0 heterocycles. The van der Waals surface area contributed by atoms with E-state index in [1.807, 2.05) is 30.1 Å². The Labute approximate surface area is 136 Å². The predicted molar refractivity (Wildman–Crippen MR) is 87.8 cm³/mol. The molecular weight excluding hydrogens is 386 g/mol. The lowest BCUT2D eigenvalue weighted by Gasteiger charge is -2.35. The minimum Gasteiger partial charge on any atom is -0.496 e. The maximum Gasteiger partial charge on any atom is 0.253 e. The van der Waals surface area contributed by atoms with E-state index in [0.717, 1.165) is 23.1 Å². The zero-order chi connectivity index (χ0) is 14.7. The van der Waals surface area contributed by atoms with Crippen LogP contribution in [0.5, 0.6) is 5.75 Å². The van der Waals surface area contributed by atoms with E-state index in [2.05, 4.69) is 31.9 Å². The molecule has 0 aromatic heterocycles. The van der Waals surface area contributed by atoms with E-state index < -0.39 is 0 Å². The van der Waals surface area contributed by atoms with Gasteiger partial charge in [0, 0.05) is 23.5 Å². The Bertz CT molecular complexity index is 493. The highest BCUT2D eigenvalue weighted by Crippen LogP contribution is 2.30. The Morgan fingerprint density at radius 2 is 2.05 bits per heavy atom. The maximum absolute atomic E-state index is 12.6. The molecule has 0 aliphatic heterocycles. The van der Waals surface area contributed by atoms with Crippen LogP contribution in [0.15, 0.2) is 22.7 Å². The summed E-state index contributed by atoms with van der Waals surface area (Å²) in [6, 6.07) is 5.73. The van der Waals surface area contributed by atoms with E-state index in [-0.39, 0.29) is 11.9 Å². The lowest BCUT2D eigenvalue weighted by molar-refractivity contribution is 0.0704. The summed E-state index contributed by atoms with van der Waals surface area (Å²) in [6.45, 7) is 0. The average Bonchev–Trinajstić information content (AvgIpc) is 2.46. The van der Waals surface area contributed by atoms with Crippen molar-refractivity contribution in [1.29, 1.82) is 0 Å². The van der Waals surface area contributed by atoms with Crippen LogP contribution in [0.1, 0.15) is 36.0 Å². The van der Waals surface area contributed by atoms with E-state index in [1.165, 1.54) is 12.8 Å². The molecule has 0 bridgehead atoms. The summed E-state index contributed by atoms with van der Waals surface area (Å²) < 4.78 is 6.00. The molecule has 2 atom stereocenters. The van der Waals surface area contributed by atoms with Crippen LogP contribution in [0, 0.1) is 0 Å². The van der Waals surface area contributed by atoms with Gasteiger partial charge in [-0.15, -0.1) is 0 Å². The van der Waals surface area contributed by atoms with Gasteiger partial charge < -0.3 is 9.64 Å². The molecular formula is C15H19Br2NO2. The van der Waals surface area contributed by atoms with Crippen LogP contribution in [-0.4, -0.2) is 35.8 Å². The van der Waals surface area contributed by atoms with Crippen molar-refractivity contribution >= 4 is 37.8 Å². The fourth-order valence-electron chi connectivity index (χ4n) is 2.66. The highest BCUT2D eigenvalue weighted by molar-refractivity contribution is 9.10. The third-order valence-electron chi connectivity index (χ3n) is 3.86. The Morgan fingerprint density at radius 3 is 2.65 bits per heavy atom. The molecule has 20 heavy (non-hydrogen) atoms. The number of carbonyl (C=O) groups excluding carboxylic acids is 1. The first-order valence-corrected chi connectivity index (χ1v) is 8.50. The van der Waals surface area contributed by atoms with Crippen molar-refractivity contribution in [2.24, 2.45) is 0 Å². The van der Waals surface area contributed by atoms with Gasteiger partial charge in [0.25, 0.3) is 5.91 Å². The van der Waals surface area contributed by atoms with Gasteiger partial charge in [0.2, 0.25) is 0 Å². The Morgan fingerprint density at radius 1 is 1.35 bits per heavy atom. The lowest BCUT2D eigenvalue weighted by atomic mass is 9.94. The zero-order valence-electron chi connectivity index (χ0n) is 11.7. The molecule has 0 N–H and O–H groups in total. The molecule has 3 nitrogen and oxygen atoms in total. The number of halogens is 2. The van der Waals surface area contributed by atoms with Crippen LogP contribution >= 0.6 is 31.9 Å². The first-order valence-electron chi connectivity index (χ1n) is 6.79. The minimum atomic E-state index is 0.0599. The molecule has 110 valence electrons. The summed E-state index contributed by atoms with van der Waals surface area (Å²) >= 11 is 7.14. The van der Waals surface area contributed by atoms with Crippen molar-refractivity contribution < 1.29 is 9.53 Å². The number of rotatable bonds is 3. The van der Waals surface area contributed by atoms with E-state index in [9.17, 15) is 4.79 Å². The number of nitrogens with zero attached hydrogens (tertiary/aromatic N) is 1. The molecule has 1 amide bonds. The van der Waals surface area contributed by atoms with Crippen molar-refractivity contribution in [2.45, 2.75) is 36.6 Å². The van der Waals surface area contributed by atoms with Gasteiger partial charge in [-0.1, -0.05) is 28.8 Å². The van der Waals surface area contributed by atoms with Gasteiger partial charge in [-0.3, -0.25) is 4.79 Å². The molecule has 0 spiro atoms. The molecule has 5 heteroatoms. The average molecular weight is 405 g/mol. The summed E-state index contributed by atoms with van der Waals surface area (Å²) in [4.78, 5) is 14.8. The number of benzene rings is 1. The van der Waals surface area contributed by atoms with Crippen molar-refractivity contribution in [3.63, 3.8) is 0 Å². The van der Waals surface area contributed by atoms with Gasteiger partial charge in [0.1, 0.15) is 5.75 Å². The van der Waals surface area contributed by atoms with Crippen molar-refractivity contribution in [1.82, 2.24) is 4.90 Å². The number of amides is 1. The summed E-state index contributed by atoms with van der Waals surface area (Å²) in [7, 11) is 3.51. The van der Waals surface area contributed by atoms with Crippen LogP contribution < -0.4 is 4.74 Å². The Kier molecular flexibility index (Phi) is 5.49. The van der Waals surface area contributed by atoms with Gasteiger partial charge in [-0.25, -0.2) is 0 Å². The Balaban J connectivity index is 2.15. The number of methoxy groups -OCH3 is 1. The molecule has 1 aromatic carbocycles. The van der Waals surface area contributed by atoms with Crippen LogP contribution in [0.2, 0.25) is 0 Å². The molecule has 2 rings (SSSR count). The van der Waals surface area contributed by atoms with Crippen LogP contribution in [-0.2, 0) is 0 Å². The first-order chi connectivity index (χ1) is 9.54. The fourth-order valence-corrected chi connectivity index (χ4v) is 4.14. The van der Waals surface area contributed by atoms with E-state index in [1.54, 1.807) is 7.11 Å². The first kappa shape index (κ1) is 15.8. The van der Waals surface area contributed by atoms with E-state index in [4.69, 9.17) is 4.74 Å². The molecule has 1 saturated carbocycles. The molecule has 0 saturated heterocycles. The van der Waals surface area contributed by atoms with E-state index in [0.29, 0.717) is 10.4 Å². The SMILES string of the molecule is COc1ccc(C(=O)N(C)C2CCCCC2Br)cc1Br. The zero-order valence-corrected chi connectivity index (χ0v) is 14.9. The normalized spacial score (nSPS) is 22.4. The topological polar surface area (TPSA) is 29.5 Å². The number of hydrogen-bond donors (Lipinski definition) is 0. The highest BCUT2D eigenvalue weighted by atomic mass is 79.9. The lowest BCUT2D eigenvalue weighted by Crippen LogP contribution is -2.44. The second-order valence-corrected chi connectivity index (χ2v) is 7.16. The molecule has 1 fully saturated rings. The van der Waals surface area contributed by atoms with Crippen LogP contribution in [0.3, 0.4) is 0 Å². The summed E-state index contributed by atoms with van der Waals surface area (Å²) in [5, 5.41) is 0. The smallest absolute Gasteiger partial charge is 0.253 e. The summed E-state index contributed by atoms with van der Waals surface area (Å²) in [6.07, 6.45) is 4.63. The van der Waals surface area contributed by atoms with Gasteiger partial charge >= 0.3 is 0 Å². The number of ether oxygens (including phenoxy) is 1. The minimum absolute atomic E-state index is 0.0599. The van der Waals surface area contributed by atoms with Gasteiger partial charge in [-0.2, -0.15) is 0 Å². The second kappa shape index (κ2) is 6.94. The number of alkyl halides is 1. The predicted octanol–water partition coefficient (Wildman–Crippen LogP) is 4.24. The molecule has 1 aliphatic rings. The van der Waals surface area contributed by atoms with E-state index >= 15 is 0 Å². The van der Waals surface area contributed by atoms with Crippen LogP contribution in [0.25, 0.3) is 0 Å². The molecule has 2 unspecified atom stereocenters. The Hall–Kier alpha value is -0.550. The van der Waals surface area contributed by atoms with Gasteiger partial charge in [-0.05, 0) is 47.0 Å². The number of hydrogen-bond acceptors (Lipinski definition) is 2. The quantitative estimate of drug-likeness (QED) is 0.705. The van der Waals surface area contributed by atoms with Crippen LogP contribution in [0.4, 0.5) is 0 Å². The van der Waals surface area contributed by atoms with Gasteiger partial charge in [0.15, 0.2) is 0 Å². The third-order valence-corrected chi connectivity index (χ3v) is 5.55. The molecule has 0 radical (unpaired) electrons. The standard InChI is InChI=1S/C15H19Br2NO2/c1-18(13-6-4-3-5-11(13)16)15(19)10-7-8-14(20-2)12(17)9-10/h7-9,11,13H,3-6H2,1-2H3. The molecule has 1 aliphatic carbocycles. The maximum atomic E-state index is 12.6. The van der Waals surface area contributed by atoms with Gasteiger partial charge in [0.05, 0.1) is 11.6 Å². The van der Waals surface area contributed by atoms with Crippen molar-refractivity contribution in [3.8, 4) is 5.75 Å². The number of carbonyl (C=O) groups is 1. The summed E-state index contributed by atoms with van der Waals surface area (Å²) in [5.74, 6) is 0.796. The third kappa shape index (κ3) is 3.37. The highest BCUT2D eigenvalue weighted by Gasteiger charge is 2.29. The molecule has 1 aromatic rings. The monoisotopic (exact) mass is 403 g/mol. The van der Waals surface area contributed by atoms with Crippen molar-refractivity contribution in [2.75, 3.05) is 14.2 Å². The largest absolute Gasteiger partial charge is 0.496 e. The second-order valence-electron chi connectivity index (χ2n) is 5.13.